The van der Waals surface area contributed by atoms with Gasteiger partial charge in [-0.2, -0.15) is 0 Å². The van der Waals surface area contributed by atoms with Crippen molar-refractivity contribution in [3.05, 3.63) is 68.7 Å². The molecule has 2 aromatic rings. The van der Waals surface area contributed by atoms with Crippen LogP contribution < -0.4 is 0 Å². The van der Waals surface area contributed by atoms with Crippen LogP contribution in [0.5, 0.6) is 0 Å². The van der Waals surface area contributed by atoms with Crippen molar-refractivity contribution in [1.82, 2.24) is 4.90 Å². The van der Waals surface area contributed by atoms with E-state index in [1.807, 2.05) is 36.2 Å². The average Bonchev–Trinajstić information content (AvgIpc) is 2.96. The molecule has 9 heteroatoms. The summed E-state index contributed by atoms with van der Waals surface area (Å²) in [5, 5.41) is 1.18. The van der Waals surface area contributed by atoms with Crippen molar-refractivity contribution in [2.24, 2.45) is 11.3 Å². The summed E-state index contributed by atoms with van der Waals surface area (Å²) >= 11 is 12.7. The summed E-state index contributed by atoms with van der Waals surface area (Å²) in [4.78, 5) is 15.3. The number of benzene rings is 2. The Morgan fingerprint density at radius 1 is 0.977 bits per heavy atom. The SMILES string of the molecule is CS(=O)(=O)[O-].Cc1cc(C)cc(C(=O)N(C)CC(CC[N+]23CCC(C4CCCCC4)(CC2)CC3)c2ccc(Cl)c(Cl)c2)c1. The predicted octanol–water partition coefficient (Wildman–Crippen LogP) is 7.60. The maximum atomic E-state index is 13.4. The standard InChI is InChI=1S/C33H45Cl2N2O.CH4O3S/c1-24-19-25(2)21-28(20-24)32(38)36(3)23-27(26-9-10-30(34)31(35)22-26)11-15-37-16-12-33(13-17-37,14-18-37)29-7-5-4-6-8-29;1-5(2,3)4/h9-10,19-22,27,29H,4-8,11-18,23H2,1-3H3;1H3,(H,2,3,4)/q+1;/p-1. The molecule has 0 radical (unpaired) electrons. The fraction of sp³-hybridized carbons (Fsp3) is 0.618. The van der Waals surface area contributed by atoms with Gasteiger partial charge >= 0.3 is 0 Å². The fourth-order valence-corrected chi connectivity index (χ4v) is 8.35. The molecule has 2 aromatic carbocycles. The number of carbonyl (C=O) groups excluding carboxylic acids is 1. The van der Waals surface area contributed by atoms with Crippen LogP contribution in [0.15, 0.2) is 36.4 Å². The second-order valence-corrected chi connectivity index (χ2v) is 15.8. The van der Waals surface area contributed by atoms with Gasteiger partial charge in [0.1, 0.15) is 0 Å². The van der Waals surface area contributed by atoms with Gasteiger partial charge in [-0.15, -0.1) is 0 Å². The van der Waals surface area contributed by atoms with Gasteiger partial charge in [-0.05, 0) is 67.9 Å². The lowest BCUT2D eigenvalue weighted by atomic mass is 9.59. The molecule has 1 saturated carbocycles. The van der Waals surface area contributed by atoms with Gasteiger partial charge in [0.05, 0.1) is 46.3 Å². The molecule has 6 nitrogen and oxygen atoms in total. The molecule has 1 unspecified atom stereocenters. The number of likely N-dealkylation sites (N-methyl/N-ethyl adjacent to an activating group) is 1. The molecule has 1 amide bonds. The van der Waals surface area contributed by atoms with Gasteiger partial charge in [0.2, 0.25) is 0 Å². The number of rotatable bonds is 8. The largest absolute Gasteiger partial charge is 0.748 e. The minimum atomic E-state index is -3.92. The van der Waals surface area contributed by atoms with Crippen molar-refractivity contribution in [3.63, 3.8) is 0 Å². The summed E-state index contributed by atoms with van der Waals surface area (Å²) in [5.41, 5.74) is 4.84. The normalized spacial score (nSPS) is 24.6. The van der Waals surface area contributed by atoms with Gasteiger partial charge in [0.15, 0.2) is 0 Å². The first-order chi connectivity index (χ1) is 20.2. The predicted molar refractivity (Wildman–Crippen MR) is 175 cm³/mol. The van der Waals surface area contributed by atoms with Crippen molar-refractivity contribution in [2.45, 2.75) is 77.6 Å². The van der Waals surface area contributed by atoms with Crippen LogP contribution in [0.2, 0.25) is 10.0 Å². The van der Waals surface area contributed by atoms with E-state index in [-0.39, 0.29) is 11.8 Å². The van der Waals surface area contributed by atoms with Gasteiger partial charge in [-0.3, -0.25) is 4.79 Å². The molecule has 4 fully saturated rings. The molecule has 3 saturated heterocycles. The number of nitrogens with zero attached hydrogens (tertiary/aromatic N) is 2. The molecule has 238 valence electrons. The Morgan fingerprint density at radius 3 is 2.07 bits per heavy atom. The Hall–Kier alpha value is -1.64. The van der Waals surface area contributed by atoms with Crippen LogP contribution in [0, 0.1) is 25.2 Å². The van der Waals surface area contributed by atoms with Crippen molar-refractivity contribution in [1.29, 1.82) is 0 Å². The van der Waals surface area contributed by atoms with Crippen molar-refractivity contribution in [3.8, 4) is 0 Å². The number of carbonyl (C=O) groups is 1. The number of quaternary nitrogens is 1. The smallest absolute Gasteiger partial charge is 0.253 e. The Labute approximate surface area is 269 Å². The first kappa shape index (κ1) is 34.2. The molecule has 4 aliphatic rings. The molecule has 43 heavy (non-hydrogen) atoms. The zero-order valence-electron chi connectivity index (χ0n) is 26.2. The number of piperidine rings is 3. The zero-order chi connectivity index (χ0) is 31.4. The maximum Gasteiger partial charge on any atom is 0.253 e. The summed E-state index contributed by atoms with van der Waals surface area (Å²) in [7, 11) is -1.97. The number of hydrogen-bond donors (Lipinski definition) is 0. The van der Waals surface area contributed by atoms with Crippen LogP contribution in [0.1, 0.15) is 90.8 Å². The maximum absolute atomic E-state index is 13.4. The second-order valence-electron chi connectivity index (χ2n) is 13.6. The quantitative estimate of drug-likeness (QED) is 0.218. The minimum Gasteiger partial charge on any atom is -0.748 e. The second kappa shape index (κ2) is 14.2. The Bertz CT molecular complexity index is 1340. The number of fused-ring (bicyclic) bond motifs is 3. The molecule has 3 heterocycles. The number of aryl methyl sites for hydroxylation is 2. The molecular weight excluding hydrogens is 603 g/mol. The molecular formula is C34H48Cl2N2O4S. The molecule has 2 bridgehead atoms. The Balaban J connectivity index is 0.000000782. The van der Waals surface area contributed by atoms with Gasteiger partial charge in [-0.1, -0.05) is 65.7 Å². The Kier molecular flexibility index (Phi) is 11.3. The highest BCUT2D eigenvalue weighted by atomic mass is 35.5. The van der Waals surface area contributed by atoms with E-state index in [1.165, 1.54) is 87.6 Å². The lowest BCUT2D eigenvalue weighted by Gasteiger charge is -2.58. The van der Waals surface area contributed by atoms with Crippen LogP contribution in [0.4, 0.5) is 0 Å². The third kappa shape index (κ3) is 9.20. The summed E-state index contributed by atoms with van der Waals surface area (Å²) < 4.78 is 28.5. The monoisotopic (exact) mass is 650 g/mol. The van der Waals surface area contributed by atoms with E-state index >= 15 is 0 Å². The summed E-state index contributed by atoms with van der Waals surface area (Å²) in [6, 6.07) is 12.1. The van der Waals surface area contributed by atoms with Crippen molar-refractivity contribution in [2.75, 3.05) is 46.0 Å². The number of amides is 1. The van der Waals surface area contributed by atoms with Gasteiger partial charge in [0.25, 0.3) is 5.91 Å². The van der Waals surface area contributed by atoms with Crippen molar-refractivity contribution >= 4 is 39.2 Å². The van der Waals surface area contributed by atoms with Gasteiger partial charge in [-0.25, -0.2) is 8.42 Å². The van der Waals surface area contributed by atoms with Crippen LogP contribution in [-0.2, 0) is 10.1 Å². The zero-order valence-corrected chi connectivity index (χ0v) is 28.5. The molecule has 1 atom stereocenters. The highest BCUT2D eigenvalue weighted by Gasteiger charge is 2.52. The van der Waals surface area contributed by atoms with E-state index in [4.69, 9.17) is 36.2 Å². The van der Waals surface area contributed by atoms with Crippen LogP contribution in [0.25, 0.3) is 0 Å². The summed E-state index contributed by atoms with van der Waals surface area (Å²) in [6.45, 7) is 9.96. The third-order valence-electron chi connectivity index (χ3n) is 10.4. The van der Waals surface area contributed by atoms with E-state index in [0.29, 0.717) is 28.3 Å². The number of hydrogen-bond acceptors (Lipinski definition) is 4. The molecule has 0 aromatic heterocycles. The van der Waals surface area contributed by atoms with E-state index < -0.39 is 10.1 Å². The number of halogens is 2. The highest BCUT2D eigenvalue weighted by molar-refractivity contribution is 7.84. The summed E-state index contributed by atoms with van der Waals surface area (Å²) in [6.07, 6.45) is 13.2. The molecule has 0 N–H and O–H groups in total. The highest BCUT2D eigenvalue weighted by Crippen LogP contribution is 2.53. The van der Waals surface area contributed by atoms with Crippen LogP contribution >= 0.6 is 23.2 Å². The lowest BCUT2D eigenvalue weighted by Crippen LogP contribution is -2.63. The van der Waals surface area contributed by atoms with Gasteiger partial charge < -0.3 is 13.9 Å². The first-order valence-corrected chi connectivity index (χ1v) is 18.3. The van der Waals surface area contributed by atoms with Crippen LogP contribution in [-0.4, -0.2) is 74.3 Å². The van der Waals surface area contributed by atoms with E-state index in [1.54, 1.807) is 0 Å². The van der Waals surface area contributed by atoms with Crippen LogP contribution in [0.3, 0.4) is 0 Å². The fourth-order valence-electron chi connectivity index (χ4n) is 8.04. The topological polar surface area (TPSA) is 77.5 Å². The lowest BCUT2D eigenvalue weighted by molar-refractivity contribution is -0.946. The first-order valence-electron chi connectivity index (χ1n) is 15.7. The van der Waals surface area contributed by atoms with Gasteiger partial charge in [0, 0.05) is 57.0 Å². The molecule has 0 spiro atoms. The molecule has 6 rings (SSSR count). The minimum absolute atomic E-state index is 0.0853. The van der Waals surface area contributed by atoms with E-state index in [0.717, 1.165) is 29.0 Å². The third-order valence-corrected chi connectivity index (χ3v) is 11.1. The summed E-state index contributed by atoms with van der Waals surface area (Å²) in [5.74, 6) is 1.29. The molecule has 1 aliphatic carbocycles. The average molecular weight is 652 g/mol. The molecule has 3 aliphatic heterocycles. The van der Waals surface area contributed by atoms with Crippen molar-refractivity contribution < 1.29 is 22.2 Å². The van der Waals surface area contributed by atoms with E-state index in [9.17, 15) is 4.79 Å². The van der Waals surface area contributed by atoms with E-state index in [2.05, 4.69) is 26.0 Å². The Morgan fingerprint density at radius 2 is 1.53 bits per heavy atom.